The highest BCUT2D eigenvalue weighted by atomic mass is 35.5. The van der Waals surface area contributed by atoms with Crippen LogP contribution < -0.4 is 15.0 Å². The molecule has 168 valence electrons. The van der Waals surface area contributed by atoms with Crippen molar-refractivity contribution >= 4 is 35.1 Å². The van der Waals surface area contributed by atoms with Gasteiger partial charge < -0.3 is 24.5 Å². The van der Waals surface area contributed by atoms with Crippen molar-refractivity contribution in [1.29, 1.82) is 0 Å². The molecule has 0 bridgehead atoms. The van der Waals surface area contributed by atoms with E-state index >= 15 is 0 Å². The van der Waals surface area contributed by atoms with Crippen LogP contribution in [-0.4, -0.2) is 58.0 Å². The summed E-state index contributed by atoms with van der Waals surface area (Å²) in [6.07, 6.45) is 0.797. The Morgan fingerprint density at radius 3 is 2.81 bits per heavy atom. The topological polar surface area (TPSA) is 114 Å². The number of benzene rings is 1. The maximum absolute atomic E-state index is 13.4. The maximum Gasteiger partial charge on any atom is 0.318 e. The number of carbonyl (C=O) groups is 1. The van der Waals surface area contributed by atoms with Crippen molar-refractivity contribution in [2.75, 3.05) is 24.6 Å². The number of anilines is 1. The van der Waals surface area contributed by atoms with Crippen molar-refractivity contribution in [2.45, 2.75) is 18.6 Å². The van der Waals surface area contributed by atoms with E-state index in [1.807, 2.05) is 0 Å². The van der Waals surface area contributed by atoms with Crippen molar-refractivity contribution in [2.24, 2.45) is 0 Å². The first-order valence-electron chi connectivity index (χ1n) is 9.64. The number of aliphatic hydroxyl groups is 1. The number of amides is 1. The van der Waals surface area contributed by atoms with Crippen LogP contribution in [0.4, 0.5) is 10.4 Å². The fourth-order valence-electron chi connectivity index (χ4n) is 3.21. The number of aliphatic hydroxyl groups excluding tert-OH is 1. The third kappa shape index (κ3) is 5.26. The standard InChI is InChI=1S/C20H18Cl2FN5O4/c21-12-3-1-11(2-4-12)19-26-27-20(32-19)28-6-5-15(16(29)9-28)25-17(30)10-31-13-7-14(23)18(22)24-8-13/h1-4,7-8,15-16,29H,5-6,9-10H2,(H,25,30)/t15-,16-/m1/s1. The Hall–Kier alpha value is -2.95. The summed E-state index contributed by atoms with van der Waals surface area (Å²) in [5.74, 6) is -0.787. The molecule has 3 heterocycles. The lowest BCUT2D eigenvalue weighted by molar-refractivity contribution is -0.124. The van der Waals surface area contributed by atoms with E-state index in [-0.39, 0.29) is 30.1 Å². The molecule has 0 spiro atoms. The third-order valence-electron chi connectivity index (χ3n) is 4.85. The molecule has 2 atom stereocenters. The number of aromatic nitrogens is 3. The lowest BCUT2D eigenvalue weighted by Crippen LogP contribution is -2.55. The van der Waals surface area contributed by atoms with Crippen LogP contribution in [-0.2, 0) is 4.79 Å². The summed E-state index contributed by atoms with van der Waals surface area (Å²) >= 11 is 11.4. The number of nitrogens with zero attached hydrogens (tertiary/aromatic N) is 4. The first kappa shape index (κ1) is 22.3. The highest BCUT2D eigenvalue weighted by Gasteiger charge is 2.31. The minimum absolute atomic E-state index is 0.0744. The van der Waals surface area contributed by atoms with Crippen LogP contribution in [0, 0.1) is 5.82 Å². The smallest absolute Gasteiger partial charge is 0.318 e. The number of pyridine rings is 1. The summed E-state index contributed by atoms with van der Waals surface area (Å²) < 4.78 is 24.3. The molecule has 0 saturated carbocycles. The highest BCUT2D eigenvalue weighted by Crippen LogP contribution is 2.25. The van der Waals surface area contributed by atoms with Crippen molar-refractivity contribution < 1.29 is 23.4 Å². The average molecular weight is 482 g/mol. The zero-order valence-corrected chi connectivity index (χ0v) is 18.1. The lowest BCUT2D eigenvalue weighted by atomic mass is 10.0. The van der Waals surface area contributed by atoms with Crippen molar-refractivity contribution in [1.82, 2.24) is 20.5 Å². The van der Waals surface area contributed by atoms with E-state index in [9.17, 15) is 14.3 Å². The number of halogens is 3. The first-order chi connectivity index (χ1) is 15.4. The molecule has 0 unspecified atom stereocenters. The summed E-state index contributed by atoms with van der Waals surface area (Å²) in [5, 5.41) is 21.6. The number of carbonyl (C=O) groups excluding carboxylic acids is 1. The van der Waals surface area contributed by atoms with E-state index in [0.717, 1.165) is 11.6 Å². The quantitative estimate of drug-likeness (QED) is 0.516. The van der Waals surface area contributed by atoms with Crippen LogP contribution in [0.15, 0.2) is 40.9 Å². The van der Waals surface area contributed by atoms with Gasteiger partial charge in [0.05, 0.1) is 24.9 Å². The van der Waals surface area contributed by atoms with Gasteiger partial charge in [-0.1, -0.05) is 28.3 Å². The minimum atomic E-state index is -0.867. The number of ether oxygens (including phenoxy) is 1. The summed E-state index contributed by atoms with van der Waals surface area (Å²) in [4.78, 5) is 17.5. The highest BCUT2D eigenvalue weighted by molar-refractivity contribution is 6.30. The van der Waals surface area contributed by atoms with Gasteiger partial charge in [0.1, 0.15) is 5.75 Å². The molecule has 4 rings (SSSR count). The Morgan fingerprint density at radius 2 is 2.09 bits per heavy atom. The minimum Gasteiger partial charge on any atom is -0.482 e. The summed E-state index contributed by atoms with van der Waals surface area (Å²) in [5.41, 5.74) is 0.728. The Morgan fingerprint density at radius 1 is 1.31 bits per heavy atom. The number of hydrogen-bond donors (Lipinski definition) is 2. The average Bonchev–Trinajstić information content (AvgIpc) is 3.27. The van der Waals surface area contributed by atoms with E-state index in [1.54, 1.807) is 29.2 Å². The molecule has 2 aromatic heterocycles. The number of hydrogen-bond acceptors (Lipinski definition) is 8. The number of nitrogens with one attached hydrogen (secondary N) is 1. The molecule has 0 aliphatic carbocycles. The molecular weight excluding hydrogens is 464 g/mol. The van der Waals surface area contributed by atoms with Gasteiger partial charge in [-0.3, -0.25) is 4.79 Å². The largest absolute Gasteiger partial charge is 0.482 e. The third-order valence-corrected chi connectivity index (χ3v) is 5.38. The van der Waals surface area contributed by atoms with Crippen molar-refractivity contribution in [3.8, 4) is 17.2 Å². The van der Waals surface area contributed by atoms with Crippen LogP contribution in [0.5, 0.6) is 5.75 Å². The Bertz CT molecular complexity index is 1100. The fraction of sp³-hybridized carbons (Fsp3) is 0.300. The second-order valence-corrected chi connectivity index (χ2v) is 7.90. The molecule has 1 amide bonds. The van der Waals surface area contributed by atoms with E-state index in [2.05, 4.69) is 20.5 Å². The van der Waals surface area contributed by atoms with Gasteiger partial charge in [0.25, 0.3) is 5.91 Å². The lowest BCUT2D eigenvalue weighted by Gasteiger charge is -2.35. The molecule has 9 nitrogen and oxygen atoms in total. The van der Waals surface area contributed by atoms with Crippen LogP contribution in [0.3, 0.4) is 0 Å². The molecular formula is C20H18Cl2FN5O4. The molecule has 32 heavy (non-hydrogen) atoms. The molecule has 0 radical (unpaired) electrons. The van der Waals surface area contributed by atoms with Gasteiger partial charge in [0.15, 0.2) is 17.6 Å². The fourth-order valence-corrected chi connectivity index (χ4v) is 3.44. The zero-order valence-electron chi connectivity index (χ0n) is 16.5. The van der Waals surface area contributed by atoms with Crippen molar-refractivity contribution in [3.05, 3.63) is 52.5 Å². The number of piperidine rings is 1. The van der Waals surface area contributed by atoms with Gasteiger partial charge >= 0.3 is 6.01 Å². The molecule has 1 aliphatic rings. The van der Waals surface area contributed by atoms with Crippen LogP contribution >= 0.6 is 23.2 Å². The zero-order chi connectivity index (χ0) is 22.7. The number of β-amino-alcohol motifs (C(OH)–C–C–N with tert-alkyl or cyclic N) is 1. The van der Waals surface area contributed by atoms with E-state index in [1.165, 1.54) is 6.20 Å². The molecule has 1 fully saturated rings. The van der Waals surface area contributed by atoms with Gasteiger partial charge in [0.2, 0.25) is 5.89 Å². The molecule has 2 N–H and O–H groups in total. The Kier molecular flexibility index (Phi) is 6.73. The van der Waals surface area contributed by atoms with Crippen LogP contribution in [0.2, 0.25) is 10.2 Å². The van der Waals surface area contributed by atoms with Crippen LogP contribution in [0.1, 0.15) is 6.42 Å². The van der Waals surface area contributed by atoms with E-state index in [0.29, 0.717) is 23.9 Å². The van der Waals surface area contributed by atoms with Crippen molar-refractivity contribution in [3.63, 3.8) is 0 Å². The molecule has 12 heteroatoms. The van der Waals surface area contributed by atoms with Gasteiger partial charge in [0, 0.05) is 23.2 Å². The summed E-state index contributed by atoms with van der Waals surface area (Å²) in [7, 11) is 0. The first-order valence-corrected chi connectivity index (χ1v) is 10.4. The summed E-state index contributed by atoms with van der Waals surface area (Å²) in [6, 6.07) is 7.82. The van der Waals surface area contributed by atoms with E-state index < -0.39 is 23.9 Å². The maximum atomic E-state index is 13.4. The normalized spacial score (nSPS) is 18.4. The predicted octanol–water partition coefficient (Wildman–Crippen LogP) is 2.71. The second kappa shape index (κ2) is 9.68. The SMILES string of the molecule is O=C(COc1cnc(Cl)c(F)c1)N[C@@H]1CCN(c2nnc(-c3ccc(Cl)cc3)o2)C[C@H]1O. The van der Waals surface area contributed by atoms with Gasteiger partial charge in [-0.15, -0.1) is 5.10 Å². The van der Waals surface area contributed by atoms with Gasteiger partial charge in [-0.2, -0.15) is 0 Å². The molecule has 3 aromatic rings. The van der Waals surface area contributed by atoms with Gasteiger partial charge in [-0.05, 0) is 30.7 Å². The predicted molar refractivity (Wildman–Crippen MR) is 114 cm³/mol. The molecule has 1 saturated heterocycles. The van der Waals surface area contributed by atoms with E-state index in [4.69, 9.17) is 32.4 Å². The summed E-state index contributed by atoms with van der Waals surface area (Å²) in [6.45, 7) is 0.321. The second-order valence-electron chi connectivity index (χ2n) is 7.11. The Labute approximate surface area is 192 Å². The van der Waals surface area contributed by atoms with Crippen LogP contribution in [0.25, 0.3) is 11.5 Å². The monoisotopic (exact) mass is 481 g/mol. The number of rotatable bonds is 6. The molecule has 1 aromatic carbocycles. The Balaban J connectivity index is 1.29. The van der Waals surface area contributed by atoms with Gasteiger partial charge in [-0.25, -0.2) is 9.37 Å². The molecule has 1 aliphatic heterocycles.